The topological polar surface area (TPSA) is 29.5 Å². The van der Waals surface area contributed by atoms with Gasteiger partial charge in [-0.05, 0) is 51.7 Å². The minimum absolute atomic E-state index is 0.0777. The molecule has 0 aromatic heterocycles. The fourth-order valence-electron chi connectivity index (χ4n) is 3.19. The lowest BCUT2D eigenvalue weighted by molar-refractivity contribution is -0.121. The van der Waals surface area contributed by atoms with Gasteiger partial charge in [0.1, 0.15) is 5.75 Å². The molecule has 0 bridgehead atoms. The predicted octanol–water partition coefficient (Wildman–Crippen LogP) is 4.49. The Hall–Kier alpha value is -1.03. The maximum Gasteiger partial charge on any atom is 0.243 e. The van der Waals surface area contributed by atoms with Crippen molar-refractivity contribution in [2.75, 3.05) is 12.0 Å². The van der Waals surface area contributed by atoms with Crippen LogP contribution in [-0.4, -0.2) is 22.9 Å². The number of fused-ring (bicyclic) bond motifs is 1. The highest BCUT2D eigenvalue weighted by atomic mass is 79.9. The first-order valence-electron chi connectivity index (χ1n) is 7.29. The number of halogens is 1. The molecule has 1 unspecified atom stereocenters. The molecular weight excluding hydrogens is 330 g/mol. The summed E-state index contributed by atoms with van der Waals surface area (Å²) in [6, 6.07) is 6.02. The van der Waals surface area contributed by atoms with Gasteiger partial charge < -0.3 is 9.64 Å². The second kappa shape index (κ2) is 5.31. The van der Waals surface area contributed by atoms with Crippen LogP contribution in [0.1, 0.15) is 52.5 Å². The summed E-state index contributed by atoms with van der Waals surface area (Å²) >= 11 is 3.51. The number of hydrogen-bond acceptors (Lipinski definition) is 2. The van der Waals surface area contributed by atoms with Crippen LogP contribution in [0.5, 0.6) is 5.75 Å². The first-order valence-corrected chi connectivity index (χ1v) is 8.09. The maximum absolute atomic E-state index is 12.9. The fourth-order valence-corrected chi connectivity index (χ4v) is 3.36. The van der Waals surface area contributed by atoms with Crippen molar-refractivity contribution in [2.45, 2.75) is 56.8 Å². The molecule has 0 saturated carbocycles. The molecule has 0 aliphatic carbocycles. The molecule has 0 spiro atoms. The Kier molecular flexibility index (Phi) is 4.13. The summed E-state index contributed by atoms with van der Waals surface area (Å²) in [5.74, 6) is 1.28. The van der Waals surface area contributed by atoms with Gasteiger partial charge in [-0.15, -0.1) is 0 Å². The van der Waals surface area contributed by atoms with E-state index in [1.807, 2.05) is 30.9 Å². The van der Waals surface area contributed by atoms with Crippen LogP contribution in [0.4, 0.5) is 5.69 Å². The summed E-state index contributed by atoms with van der Waals surface area (Å²) in [6.45, 7) is 10.3. The monoisotopic (exact) mass is 353 g/mol. The van der Waals surface area contributed by atoms with E-state index in [-0.39, 0.29) is 11.4 Å². The number of methoxy groups -OCH3 is 1. The number of carbonyl (C=O) groups excluding carboxylic acids is 1. The quantitative estimate of drug-likeness (QED) is 0.733. The summed E-state index contributed by atoms with van der Waals surface area (Å²) < 4.78 is 4.76. The Balaban J connectivity index is 2.62. The van der Waals surface area contributed by atoms with Crippen LogP contribution >= 0.6 is 15.9 Å². The van der Waals surface area contributed by atoms with E-state index in [0.717, 1.165) is 17.9 Å². The zero-order valence-electron chi connectivity index (χ0n) is 13.7. The van der Waals surface area contributed by atoms with Gasteiger partial charge in [-0.2, -0.15) is 0 Å². The molecule has 3 nitrogen and oxygen atoms in total. The highest BCUT2D eigenvalue weighted by molar-refractivity contribution is 9.10. The largest absolute Gasteiger partial charge is 0.497 e. The average molecular weight is 354 g/mol. The Morgan fingerprint density at radius 1 is 1.43 bits per heavy atom. The summed E-state index contributed by atoms with van der Waals surface area (Å²) in [5, 5.41) is 0. The van der Waals surface area contributed by atoms with E-state index < -0.39 is 4.32 Å². The summed E-state index contributed by atoms with van der Waals surface area (Å²) in [5.41, 5.74) is 1.96. The van der Waals surface area contributed by atoms with E-state index in [1.54, 1.807) is 7.11 Å². The molecule has 1 heterocycles. The molecule has 1 amide bonds. The predicted molar refractivity (Wildman–Crippen MR) is 90.6 cm³/mol. The lowest BCUT2D eigenvalue weighted by Gasteiger charge is -2.47. The number of hydrogen-bond donors (Lipinski definition) is 0. The van der Waals surface area contributed by atoms with Crippen LogP contribution in [0.15, 0.2) is 18.2 Å². The molecule has 21 heavy (non-hydrogen) atoms. The second-order valence-corrected chi connectivity index (χ2v) is 8.94. The molecule has 1 aliphatic rings. The van der Waals surface area contributed by atoms with Crippen molar-refractivity contribution in [3.63, 3.8) is 0 Å². The standard InChI is InChI=1S/C17H24BrNO2/c1-11-10-16(2,3)19(15(20)17(4,5)18)14-9-12(21-6)7-8-13(11)14/h7-9,11H,10H2,1-6H3. The fraction of sp³-hybridized carbons (Fsp3) is 0.588. The molecule has 1 aromatic carbocycles. The number of alkyl halides is 1. The zero-order valence-corrected chi connectivity index (χ0v) is 15.2. The third-order valence-corrected chi connectivity index (χ3v) is 4.47. The van der Waals surface area contributed by atoms with Crippen molar-refractivity contribution in [1.82, 2.24) is 0 Å². The van der Waals surface area contributed by atoms with Crippen molar-refractivity contribution in [2.24, 2.45) is 0 Å². The van der Waals surface area contributed by atoms with Gasteiger partial charge >= 0.3 is 0 Å². The second-order valence-electron chi connectivity index (χ2n) is 6.96. The SMILES string of the molecule is COc1ccc2c(c1)N(C(=O)C(C)(C)Br)C(C)(C)CC2C. The molecule has 1 aromatic rings. The molecule has 1 atom stereocenters. The third-order valence-electron chi connectivity index (χ3n) is 4.13. The normalized spacial score (nSPS) is 20.9. The molecule has 1 aliphatic heterocycles. The molecule has 4 heteroatoms. The highest BCUT2D eigenvalue weighted by Crippen LogP contribution is 2.46. The lowest BCUT2D eigenvalue weighted by atomic mass is 9.79. The number of amides is 1. The van der Waals surface area contributed by atoms with E-state index in [2.05, 4.69) is 42.8 Å². The Labute approximate surface area is 135 Å². The summed E-state index contributed by atoms with van der Waals surface area (Å²) in [6.07, 6.45) is 0.946. The van der Waals surface area contributed by atoms with Crippen molar-refractivity contribution >= 4 is 27.5 Å². The van der Waals surface area contributed by atoms with Crippen LogP contribution < -0.4 is 9.64 Å². The molecule has 0 fully saturated rings. The third kappa shape index (κ3) is 2.96. The zero-order chi connectivity index (χ0) is 16.0. The number of rotatable bonds is 2. The van der Waals surface area contributed by atoms with Gasteiger partial charge in [0.15, 0.2) is 0 Å². The molecular formula is C17H24BrNO2. The van der Waals surface area contributed by atoms with Gasteiger partial charge in [0.25, 0.3) is 0 Å². The van der Waals surface area contributed by atoms with Crippen molar-refractivity contribution in [3.8, 4) is 5.75 Å². The summed E-state index contributed by atoms with van der Waals surface area (Å²) in [7, 11) is 1.65. The Bertz CT molecular complexity index is 560. The van der Waals surface area contributed by atoms with E-state index in [0.29, 0.717) is 5.92 Å². The van der Waals surface area contributed by atoms with Crippen LogP contribution in [0.3, 0.4) is 0 Å². The van der Waals surface area contributed by atoms with Crippen molar-refractivity contribution in [3.05, 3.63) is 23.8 Å². The van der Waals surface area contributed by atoms with Gasteiger partial charge in [-0.25, -0.2) is 0 Å². The lowest BCUT2D eigenvalue weighted by Crippen LogP contribution is -2.56. The molecule has 0 saturated heterocycles. The molecule has 0 N–H and O–H groups in total. The number of ether oxygens (including phenoxy) is 1. The summed E-state index contributed by atoms with van der Waals surface area (Å²) in [4.78, 5) is 14.9. The smallest absolute Gasteiger partial charge is 0.243 e. The van der Waals surface area contributed by atoms with Crippen molar-refractivity contribution in [1.29, 1.82) is 0 Å². The van der Waals surface area contributed by atoms with E-state index in [9.17, 15) is 4.79 Å². The van der Waals surface area contributed by atoms with Gasteiger partial charge in [0.2, 0.25) is 5.91 Å². The minimum Gasteiger partial charge on any atom is -0.497 e. The van der Waals surface area contributed by atoms with Gasteiger partial charge in [-0.3, -0.25) is 4.79 Å². The van der Waals surface area contributed by atoms with Gasteiger partial charge in [0, 0.05) is 11.6 Å². The number of nitrogens with zero attached hydrogens (tertiary/aromatic N) is 1. The van der Waals surface area contributed by atoms with Gasteiger partial charge in [-0.1, -0.05) is 28.9 Å². The molecule has 116 valence electrons. The highest BCUT2D eigenvalue weighted by Gasteiger charge is 2.43. The van der Waals surface area contributed by atoms with Crippen LogP contribution in [0.2, 0.25) is 0 Å². The minimum atomic E-state index is -0.592. The number of anilines is 1. The number of benzene rings is 1. The molecule has 2 rings (SSSR count). The van der Waals surface area contributed by atoms with Crippen LogP contribution in [0.25, 0.3) is 0 Å². The Morgan fingerprint density at radius 2 is 2.05 bits per heavy atom. The first kappa shape index (κ1) is 16.3. The molecule has 0 radical (unpaired) electrons. The van der Waals surface area contributed by atoms with Crippen LogP contribution in [0, 0.1) is 0 Å². The van der Waals surface area contributed by atoms with E-state index >= 15 is 0 Å². The Morgan fingerprint density at radius 3 is 2.57 bits per heavy atom. The first-order chi connectivity index (χ1) is 9.58. The number of carbonyl (C=O) groups is 1. The maximum atomic E-state index is 12.9. The van der Waals surface area contributed by atoms with Crippen molar-refractivity contribution < 1.29 is 9.53 Å². The van der Waals surface area contributed by atoms with Crippen LogP contribution in [-0.2, 0) is 4.79 Å². The average Bonchev–Trinajstić information content (AvgIpc) is 2.35. The van der Waals surface area contributed by atoms with Gasteiger partial charge in [0.05, 0.1) is 17.1 Å². The van der Waals surface area contributed by atoms with E-state index in [4.69, 9.17) is 4.74 Å². The van der Waals surface area contributed by atoms with E-state index in [1.165, 1.54) is 5.56 Å².